The van der Waals surface area contributed by atoms with Gasteiger partial charge in [-0.05, 0) is 76.6 Å². The normalized spacial score (nSPS) is 34.9. The van der Waals surface area contributed by atoms with E-state index in [1.54, 1.807) is 0 Å². The van der Waals surface area contributed by atoms with Crippen molar-refractivity contribution in [2.24, 2.45) is 11.3 Å². The first-order valence-corrected chi connectivity index (χ1v) is 13.8. The fourth-order valence-corrected chi connectivity index (χ4v) is 7.79. The van der Waals surface area contributed by atoms with Crippen LogP contribution in [0.25, 0.3) is 0 Å². The number of hydrogen-bond donors (Lipinski definition) is 1. The maximum atomic E-state index is 13.8. The highest BCUT2D eigenvalue weighted by molar-refractivity contribution is 5.98. The molecule has 0 radical (unpaired) electrons. The molecule has 5 nitrogen and oxygen atoms in total. The molecular weight excluding hydrogens is 408 g/mol. The van der Waals surface area contributed by atoms with Crippen molar-refractivity contribution in [3.05, 3.63) is 24.3 Å². The Morgan fingerprint density at radius 1 is 1.00 bits per heavy atom. The van der Waals surface area contributed by atoms with Crippen LogP contribution in [-0.4, -0.2) is 68.7 Å². The van der Waals surface area contributed by atoms with Crippen LogP contribution in [-0.2, 0) is 4.79 Å². The van der Waals surface area contributed by atoms with Gasteiger partial charge in [-0.25, -0.2) is 0 Å². The smallest absolute Gasteiger partial charge is 0.233 e. The number of quaternary nitrogens is 1. The van der Waals surface area contributed by atoms with Crippen LogP contribution in [0.2, 0.25) is 0 Å². The lowest BCUT2D eigenvalue weighted by molar-refractivity contribution is -0.133. The zero-order chi connectivity index (χ0) is 22.5. The number of amides is 1. The molecule has 1 saturated carbocycles. The highest BCUT2D eigenvalue weighted by Crippen LogP contribution is 2.44. The summed E-state index contributed by atoms with van der Waals surface area (Å²) < 4.78 is 1.14. The van der Waals surface area contributed by atoms with Crippen LogP contribution >= 0.6 is 0 Å². The van der Waals surface area contributed by atoms with Gasteiger partial charge < -0.3 is 15.1 Å². The molecule has 3 atom stereocenters. The Hall–Kier alpha value is -1.43. The summed E-state index contributed by atoms with van der Waals surface area (Å²) in [5.41, 5.74) is 2.48. The van der Waals surface area contributed by atoms with Gasteiger partial charge in [-0.3, -0.25) is 9.28 Å². The summed E-state index contributed by atoms with van der Waals surface area (Å²) >= 11 is 0. The van der Waals surface area contributed by atoms with E-state index >= 15 is 0 Å². The van der Waals surface area contributed by atoms with Crippen molar-refractivity contribution < 1.29 is 4.79 Å². The molecule has 1 amide bonds. The molecule has 1 unspecified atom stereocenters. The van der Waals surface area contributed by atoms with E-state index in [1.807, 2.05) is 0 Å². The SMILES string of the molecule is C[C@H]1CCC[N+]1(c1ccc(N2CCCC3(CCN(CC4CC4)CC3)C2=O)cc1)[C@H]1CCNC1. The Labute approximate surface area is 200 Å². The highest BCUT2D eigenvalue weighted by Gasteiger charge is 2.49. The molecule has 6 rings (SSSR count). The minimum Gasteiger partial charge on any atom is -0.312 e. The summed E-state index contributed by atoms with van der Waals surface area (Å²) in [6, 6.07) is 10.6. The van der Waals surface area contributed by atoms with Crippen molar-refractivity contribution >= 4 is 17.3 Å². The zero-order valence-corrected chi connectivity index (χ0v) is 20.6. The number of piperidine rings is 2. The molecule has 180 valence electrons. The van der Waals surface area contributed by atoms with Gasteiger partial charge >= 0.3 is 0 Å². The third-order valence-electron chi connectivity index (χ3n) is 10.0. The second kappa shape index (κ2) is 8.66. The molecule has 1 aromatic rings. The topological polar surface area (TPSA) is 35.6 Å². The number of likely N-dealkylation sites (tertiary alicyclic amines) is 2. The van der Waals surface area contributed by atoms with Crippen molar-refractivity contribution in [2.75, 3.05) is 50.7 Å². The third-order valence-corrected chi connectivity index (χ3v) is 10.0. The Morgan fingerprint density at radius 3 is 2.42 bits per heavy atom. The van der Waals surface area contributed by atoms with Gasteiger partial charge in [0.2, 0.25) is 5.91 Å². The lowest BCUT2D eigenvalue weighted by Gasteiger charge is -2.46. The van der Waals surface area contributed by atoms with Crippen molar-refractivity contribution in [3.8, 4) is 0 Å². The molecule has 4 saturated heterocycles. The van der Waals surface area contributed by atoms with Gasteiger partial charge in [0.05, 0.1) is 18.0 Å². The molecule has 4 aliphatic heterocycles. The molecule has 1 N–H and O–H groups in total. The van der Waals surface area contributed by atoms with E-state index < -0.39 is 0 Å². The number of benzene rings is 1. The van der Waals surface area contributed by atoms with Crippen molar-refractivity contribution in [1.29, 1.82) is 0 Å². The van der Waals surface area contributed by atoms with Gasteiger partial charge in [0.1, 0.15) is 11.7 Å². The van der Waals surface area contributed by atoms with Crippen LogP contribution in [0, 0.1) is 11.3 Å². The first kappa shape index (κ1) is 22.1. The predicted molar refractivity (Wildman–Crippen MR) is 135 cm³/mol. The molecule has 4 heterocycles. The summed E-state index contributed by atoms with van der Waals surface area (Å²) in [5.74, 6) is 1.35. The first-order valence-electron chi connectivity index (χ1n) is 13.8. The number of rotatable bonds is 5. The summed E-state index contributed by atoms with van der Waals surface area (Å²) in [6.07, 6.45) is 11.1. The molecule has 33 heavy (non-hydrogen) atoms. The number of nitrogens with zero attached hydrogens (tertiary/aromatic N) is 3. The van der Waals surface area contributed by atoms with Gasteiger partial charge in [0.25, 0.3) is 0 Å². The van der Waals surface area contributed by atoms with Crippen molar-refractivity contribution in [3.63, 3.8) is 0 Å². The molecule has 5 aliphatic rings. The van der Waals surface area contributed by atoms with E-state index in [2.05, 4.69) is 46.3 Å². The first-order chi connectivity index (χ1) is 16.1. The van der Waals surface area contributed by atoms with Crippen molar-refractivity contribution in [1.82, 2.24) is 14.7 Å². The molecule has 1 aromatic carbocycles. The van der Waals surface area contributed by atoms with Gasteiger partial charge in [-0.2, -0.15) is 0 Å². The zero-order valence-electron chi connectivity index (χ0n) is 20.6. The Morgan fingerprint density at radius 2 is 1.79 bits per heavy atom. The summed E-state index contributed by atoms with van der Waals surface area (Å²) in [6.45, 7) is 10.4. The van der Waals surface area contributed by atoms with E-state index in [0.29, 0.717) is 18.0 Å². The Bertz CT molecular complexity index is 851. The molecule has 1 spiro atoms. The van der Waals surface area contributed by atoms with E-state index in [9.17, 15) is 4.79 Å². The van der Waals surface area contributed by atoms with E-state index in [4.69, 9.17) is 0 Å². The number of hydrogen-bond acceptors (Lipinski definition) is 3. The maximum Gasteiger partial charge on any atom is 0.233 e. The summed E-state index contributed by atoms with van der Waals surface area (Å²) in [7, 11) is 0. The highest BCUT2D eigenvalue weighted by atomic mass is 16.2. The molecule has 0 bridgehead atoms. The number of nitrogens with one attached hydrogen (secondary N) is 1. The lowest BCUT2D eigenvalue weighted by Crippen LogP contribution is -2.59. The minimum absolute atomic E-state index is 0.107. The summed E-state index contributed by atoms with van der Waals surface area (Å²) in [5, 5.41) is 3.61. The van der Waals surface area contributed by atoms with Crippen LogP contribution in [0.15, 0.2) is 24.3 Å². The van der Waals surface area contributed by atoms with Crippen LogP contribution in [0.4, 0.5) is 11.4 Å². The molecule has 5 fully saturated rings. The van der Waals surface area contributed by atoms with Gasteiger partial charge in [-0.15, -0.1) is 0 Å². The Balaban J connectivity index is 1.19. The van der Waals surface area contributed by atoms with Gasteiger partial charge in [0.15, 0.2) is 0 Å². The minimum atomic E-state index is -0.107. The second-order valence-electron chi connectivity index (χ2n) is 11.9. The van der Waals surface area contributed by atoms with Gasteiger partial charge in [0, 0.05) is 63.3 Å². The number of carbonyl (C=O) groups excluding carboxylic acids is 1. The van der Waals surface area contributed by atoms with E-state index in [0.717, 1.165) is 74.5 Å². The Kier molecular flexibility index (Phi) is 5.79. The van der Waals surface area contributed by atoms with Gasteiger partial charge in [-0.1, -0.05) is 0 Å². The molecule has 1 aliphatic carbocycles. The monoisotopic (exact) mass is 451 g/mol. The van der Waals surface area contributed by atoms with Crippen LogP contribution in [0.3, 0.4) is 0 Å². The fourth-order valence-electron chi connectivity index (χ4n) is 7.79. The maximum absolute atomic E-state index is 13.8. The quantitative estimate of drug-likeness (QED) is 0.683. The predicted octanol–water partition coefficient (Wildman–Crippen LogP) is 4.16. The fraction of sp³-hybridized carbons (Fsp3) is 0.750. The van der Waals surface area contributed by atoms with Crippen LogP contribution in [0.1, 0.15) is 64.7 Å². The number of anilines is 1. The van der Waals surface area contributed by atoms with E-state index in [-0.39, 0.29) is 5.41 Å². The van der Waals surface area contributed by atoms with E-state index in [1.165, 1.54) is 50.9 Å². The molecule has 5 heteroatoms. The molecular formula is C28H43N4O+. The average molecular weight is 452 g/mol. The van der Waals surface area contributed by atoms with Crippen LogP contribution in [0.5, 0.6) is 0 Å². The molecule has 0 aromatic heterocycles. The lowest BCUT2D eigenvalue weighted by atomic mass is 9.71. The third kappa shape index (κ3) is 3.84. The standard InChI is InChI=1S/C28H43N4O/c1-22-4-2-19-32(22,26-11-15-29-20-26)25-9-7-24(8-10-25)31-16-3-12-28(27(31)33)13-17-30(18-14-28)21-23-5-6-23/h7-10,22-23,26,29H,2-6,11-21H2,1H3/q+1/t22-,26-,32?/m0/s1. The van der Waals surface area contributed by atoms with Crippen LogP contribution < -0.4 is 14.7 Å². The van der Waals surface area contributed by atoms with Crippen molar-refractivity contribution in [2.45, 2.75) is 76.8 Å². The second-order valence-corrected chi connectivity index (χ2v) is 11.9. The number of carbonyl (C=O) groups is 1. The average Bonchev–Trinajstić information content (AvgIpc) is 3.31. The summed E-state index contributed by atoms with van der Waals surface area (Å²) in [4.78, 5) is 18.6. The largest absolute Gasteiger partial charge is 0.312 e.